The van der Waals surface area contributed by atoms with Gasteiger partial charge in [-0.3, -0.25) is 14.4 Å². The highest BCUT2D eigenvalue weighted by Gasteiger charge is 2.42. The molecule has 0 radical (unpaired) electrons. The maximum atomic E-state index is 13.3. The van der Waals surface area contributed by atoms with E-state index >= 15 is 0 Å². The van der Waals surface area contributed by atoms with Gasteiger partial charge in [-0.15, -0.1) is 0 Å². The molecule has 258 valence electrons. The molecule has 49 heavy (non-hydrogen) atoms. The van der Waals surface area contributed by atoms with Crippen molar-refractivity contribution < 1.29 is 14.4 Å². The van der Waals surface area contributed by atoms with Crippen LogP contribution in [0.2, 0.25) is 0 Å². The normalized spacial score (nSPS) is 22.8. The van der Waals surface area contributed by atoms with Gasteiger partial charge in [-0.05, 0) is 106 Å². The average molecular weight is 665 g/mol. The van der Waals surface area contributed by atoms with E-state index in [1.54, 1.807) is 24.4 Å². The number of aromatic nitrogens is 1. The molecule has 11 nitrogen and oxygen atoms in total. The van der Waals surface area contributed by atoms with Crippen molar-refractivity contribution in [3.8, 4) is 0 Å². The molecule has 3 saturated heterocycles. The molecule has 7 rings (SSSR count). The number of hydrogen-bond acceptors (Lipinski definition) is 8. The van der Waals surface area contributed by atoms with Gasteiger partial charge in [0.2, 0.25) is 0 Å². The molecule has 5 N–H and O–H groups in total. The van der Waals surface area contributed by atoms with Crippen LogP contribution in [0, 0.1) is 5.92 Å². The molecule has 1 aromatic heterocycles. The Hall–Kier alpha value is -4.64. The van der Waals surface area contributed by atoms with E-state index in [9.17, 15) is 14.4 Å². The first-order valence-electron chi connectivity index (χ1n) is 17.8. The van der Waals surface area contributed by atoms with Crippen molar-refractivity contribution in [2.45, 2.75) is 69.6 Å². The lowest BCUT2D eigenvalue weighted by Gasteiger charge is -2.40. The lowest BCUT2D eigenvalue weighted by atomic mass is 9.96. The molecule has 1 aliphatic carbocycles. The number of primary amides is 1. The van der Waals surface area contributed by atoms with Gasteiger partial charge in [0, 0.05) is 74.0 Å². The molecule has 3 amide bonds. The van der Waals surface area contributed by atoms with E-state index in [1.807, 2.05) is 19.1 Å². The Bertz CT molecular complexity index is 1650. The fraction of sp³-hybridized carbons (Fsp3) is 0.474. The number of anilines is 3. The second kappa shape index (κ2) is 14.1. The van der Waals surface area contributed by atoms with Crippen molar-refractivity contribution in [1.82, 2.24) is 20.5 Å². The minimum Gasteiger partial charge on any atom is -0.384 e. The molecule has 4 atom stereocenters. The van der Waals surface area contributed by atoms with Crippen LogP contribution in [0.5, 0.6) is 0 Å². The van der Waals surface area contributed by atoms with E-state index in [4.69, 9.17) is 10.7 Å². The molecule has 3 aromatic rings. The summed E-state index contributed by atoms with van der Waals surface area (Å²) in [6.07, 6.45) is 7.76. The molecule has 2 aromatic carbocycles. The number of hydrogen-bond donors (Lipinski definition) is 4. The van der Waals surface area contributed by atoms with Gasteiger partial charge in [0.15, 0.2) is 0 Å². The van der Waals surface area contributed by atoms with Crippen LogP contribution in [-0.4, -0.2) is 85.5 Å². The van der Waals surface area contributed by atoms with Gasteiger partial charge in [0.25, 0.3) is 17.7 Å². The number of fused-ring (bicyclic) bond motifs is 2. The lowest BCUT2D eigenvalue weighted by Crippen LogP contribution is -2.50. The summed E-state index contributed by atoms with van der Waals surface area (Å²) in [5, 5.41) is 9.70. The van der Waals surface area contributed by atoms with Crippen LogP contribution in [0.1, 0.15) is 88.1 Å². The Balaban J connectivity index is 0.929. The van der Waals surface area contributed by atoms with E-state index in [0.29, 0.717) is 28.3 Å². The summed E-state index contributed by atoms with van der Waals surface area (Å²) in [7, 11) is 2.16. The molecule has 4 aliphatic rings. The molecular weight excluding hydrogens is 616 g/mol. The van der Waals surface area contributed by atoms with Gasteiger partial charge in [-0.2, -0.15) is 0 Å². The predicted octanol–water partition coefficient (Wildman–Crippen LogP) is 4.18. The fourth-order valence-electron chi connectivity index (χ4n) is 7.64. The zero-order valence-electron chi connectivity index (χ0n) is 28.5. The van der Waals surface area contributed by atoms with E-state index in [1.165, 1.54) is 18.5 Å². The standard InChI is InChI=1S/C38H48N8O3/c1-24(26-5-9-30(10-6-26)45-17-15-44(2)16-18-45)42-38(49)28-8-14-35(41-23-28)46-31-11-12-32(46)21-29(20-31)43-37(48)27-7-13-33(36(39)47)34(19-27)40-22-25-3-4-25/h5-10,13-14,19,23-25,29,31-32,40H,3-4,11-12,15-18,20-22H2,1-2H3,(H2,39,47)(H,42,49)(H,43,48)/t24-,29-,31+,32-/m0/s1. The van der Waals surface area contributed by atoms with Crippen LogP contribution in [0.15, 0.2) is 60.8 Å². The lowest BCUT2D eigenvalue weighted by molar-refractivity contribution is 0.0922. The zero-order chi connectivity index (χ0) is 34.1. The number of piperidine rings is 1. The predicted molar refractivity (Wildman–Crippen MR) is 192 cm³/mol. The van der Waals surface area contributed by atoms with Crippen molar-refractivity contribution in [3.05, 3.63) is 83.0 Å². The maximum absolute atomic E-state index is 13.3. The number of nitrogens with one attached hydrogen (secondary N) is 3. The van der Waals surface area contributed by atoms with Crippen LogP contribution >= 0.6 is 0 Å². The largest absolute Gasteiger partial charge is 0.384 e. The summed E-state index contributed by atoms with van der Waals surface area (Å²) in [6, 6.07) is 17.8. The summed E-state index contributed by atoms with van der Waals surface area (Å²) in [6.45, 7) is 6.96. The minimum atomic E-state index is -0.506. The number of carbonyl (C=O) groups excluding carboxylic acids is 3. The SMILES string of the molecule is C[C@H](NC(=O)c1ccc(N2[C@@H]3CC[C@H]2C[C@@H](NC(=O)c2ccc(C(N)=O)c(NCC4CC4)c2)C3)nc1)c1ccc(N2CCN(C)CC2)cc1. The third-order valence-electron chi connectivity index (χ3n) is 10.8. The first-order chi connectivity index (χ1) is 23.7. The Morgan fingerprint density at radius 1 is 0.878 bits per heavy atom. The number of nitrogens with zero attached hydrogens (tertiary/aromatic N) is 4. The number of likely N-dealkylation sites (N-methyl/N-ethyl adjacent to an activating group) is 1. The third-order valence-corrected chi connectivity index (χ3v) is 10.8. The van der Waals surface area contributed by atoms with Gasteiger partial charge in [0.05, 0.1) is 17.2 Å². The van der Waals surface area contributed by atoms with Crippen LogP contribution in [-0.2, 0) is 0 Å². The van der Waals surface area contributed by atoms with Gasteiger partial charge in [-0.25, -0.2) is 4.98 Å². The summed E-state index contributed by atoms with van der Waals surface area (Å²) in [4.78, 5) is 50.3. The van der Waals surface area contributed by atoms with E-state index in [2.05, 4.69) is 62.0 Å². The first-order valence-corrected chi connectivity index (χ1v) is 17.8. The van der Waals surface area contributed by atoms with Crippen molar-refractivity contribution >= 4 is 34.9 Å². The number of pyridine rings is 1. The van der Waals surface area contributed by atoms with Crippen LogP contribution in [0.3, 0.4) is 0 Å². The van der Waals surface area contributed by atoms with Crippen LogP contribution in [0.25, 0.3) is 0 Å². The average Bonchev–Trinajstić information content (AvgIpc) is 3.90. The molecular formula is C38H48N8O3. The van der Waals surface area contributed by atoms with Crippen LogP contribution < -0.4 is 31.5 Å². The van der Waals surface area contributed by atoms with Crippen LogP contribution in [0.4, 0.5) is 17.2 Å². The number of nitrogens with two attached hydrogens (primary N) is 1. The molecule has 4 heterocycles. The Morgan fingerprint density at radius 3 is 2.20 bits per heavy atom. The van der Waals surface area contributed by atoms with Crippen molar-refractivity contribution in [1.29, 1.82) is 0 Å². The molecule has 0 spiro atoms. The second-order valence-corrected chi connectivity index (χ2v) is 14.4. The Morgan fingerprint density at radius 2 is 1.57 bits per heavy atom. The van der Waals surface area contributed by atoms with E-state index < -0.39 is 5.91 Å². The van der Waals surface area contributed by atoms with E-state index in [0.717, 1.165) is 69.8 Å². The molecule has 3 aliphatic heterocycles. The summed E-state index contributed by atoms with van der Waals surface area (Å²) in [5.41, 5.74) is 9.95. The number of piperazine rings is 1. The Labute approximate surface area is 288 Å². The quantitative estimate of drug-likeness (QED) is 0.240. The summed E-state index contributed by atoms with van der Waals surface area (Å²) >= 11 is 0. The Kier molecular flexibility index (Phi) is 9.44. The molecule has 4 fully saturated rings. The molecule has 0 unspecified atom stereocenters. The first kappa shape index (κ1) is 32.9. The van der Waals surface area contributed by atoms with Gasteiger partial charge < -0.3 is 36.4 Å². The minimum absolute atomic E-state index is 0.0436. The number of rotatable bonds is 11. The van der Waals surface area contributed by atoms with Crippen molar-refractivity contribution in [3.63, 3.8) is 0 Å². The number of amides is 3. The molecule has 2 bridgehead atoms. The molecule has 11 heteroatoms. The highest BCUT2D eigenvalue weighted by molar-refractivity contribution is 6.02. The van der Waals surface area contributed by atoms with Gasteiger partial charge >= 0.3 is 0 Å². The monoisotopic (exact) mass is 664 g/mol. The zero-order valence-corrected chi connectivity index (χ0v) is 28.5. The topological polar surface area (TPSA) is 136 Å². The smallest absolute Gasteiger partial charge is 0.253 e. The second-order valence-electron chi connectivity index (χ2n) is 14.4. The molecule has 1 saturated carbocycles. The van der Waals surface area contributed by atoms with Gasteiger partial charge in [-0.1, -0.05) is 12.1 Å². The van der Waals surface area contributed by atoms with Crippen molar-refractivity contribution in [2.75, 3.05) is 54.9 Å². The highest BCUT2D eigenvalue weighted by Crippen LogP contribution is 2.39. The summed E-state index contributed by atoms with van der Waals surface area (Å²) in [5.74, 6) is 0.695. The fourth-order valence-corrected chi connectivity index (χ4v) is 7.64. The van der Waals surface area contributed by atoms with Gasteiger partial charge in [0.1, 0.15) is 5.82 Å². The van der Waals surface area contributed by atoms with E-state index in [-0.39, 0.29) is 36.0 Å². The number of benzene rings is 2. The third kappa shape index (κ3) is 7.51. The van der Waals surface area contributed by atoms with Crippen molar-refractivity contribution in [2.24, 2.45) is 11.7 Å². The highest BCUT2D eigenvalue weighted by atomic mass is 16.2. The number of carbonyl (C=O) groups is 3. The maximum Gasteiger partial charge on any atom is 0.253 e. The summed E-state index contributed by atoms with van der Waals surface area (Å²) < 4.78 is 0.